The molecule has 0 radical (unpaired) electrons. The van der Waals surface area contributed by atoms with E-state index < -0.39 is 69.1 Å². The van der Waals surface area contributed by atoms with Crippen molar-refractivity contribution in [3.63, 3.8) is 0 Å². The second-order valence-electron chi connectivity index (χ2n) is 17.2. The Balaban J connectivity index is -0.000000747. The van der Waals surface area contributed by atoms with Gasteiger partial charge < -0.3 is 107 Å². The Morgan fingerprint density at radius 2 is 0.545 bits per heavy atom. The lowest BCUT2D eigenvalue weighted by molar-refractivity contribution is -0.688. The molecule has 4 aliphatic rings. The van der Waals surface area contributed by atoms with Crippen LogP contribution in [-0.4, -0.2) is 138 Å². The minimum atomic E-state index is -1.66. The summed E-state index contributed by atoms with van der Waals surface area (Å²) in [5, 5.41) is 77.6. The molecule has 10 heterocycles. The summed E-state index contributed by atoms with van der Waals surface area (Å²) in [5.74, 6) is -7.10. The monoisotopic (exact) mass is 1240 g/mol. The first kappa shape index (κ1) is 83.1. The standard InChI is InChI=1S/C38H34N10.2C8H6O6.12H2O/c1-3-35-39-36(4-1)46-20-16-42(28-46)24-32-9-13-34(14-10-32)26-44-18-22-48(30-44)38-6-2-5-37(40-38)47-21-17-43(29-47)25-33-11-7-31(8-12-33)23-41-15-19-45(35)27-41;2*9-4-1-3(7(11)12)2-5(10)6(4)8(13)14;;;;;;;;;;;;/h1-22,27-30H,23-26H2;2*1-2,9-10H,(H,11,12)(H,13,14);12*1H2/q+4;;;;;;;;;;;;;;/p-4. The molecule has 34 heteroatoms. The zero-order valence-corrected chi connectivity index (χ0v) is 45.7. The highest BCUT2D eigenvalue weighted by atomic mass is 16.4. The van der Waals surface area contributed by atoms with Crippen molar-refractivity contribution >= 4 is 23.9 Å². The Hall–Kier alpha value is -11.4. The average Bonchev–Trinajstić information content (AvgIpc) is 4.24. The Bertz CT molecular complexity index is 3380. The van der Waals surface area contributed by atoms with Crippen LogP contribution in [0.5, 0.6) is 23.0 Å². The van der Waals surface area contributed by atoms with Crippen LogP contribution in [0.4, 0.5) is 0 Å². The van der Waals surface area contributed by atoms with Crippen LogP contribution in [0, 0.1) is 0 Å². The third kappa shape index (κ3) is 19.3. The summed E-state index contributed by atoms with van der Waals surface area (Å²) in [6.45, 7) is 3.11. The van der Waals surface area contributed by atoms with Crippen LogP contribution in [-0.2, 0) is 26.2 Å². The van der Waals surface area contributed by atoms with E-state index in [1.54, 1.807) is 0 Å². The van der Waals surface area contributed by atoms with Gasteiger partial charge in [0.25, 0.3) is 25.3 Å². The number of rotatable bonds is 4. The highest BCUT2D eigenvalue weighted by molar-refractivity contribution is 5.97. The molecular formula is C54H66N10O24. The Morgan fingerprint density at radius 1 is 0.341 bits per heavy atom. The summed E-state index contributed by atoms with van der Waals surface area (Å²) in [7, 11) is 0. The van der Waals surface area contributed by atoms with Crippen molar-refractivity contribution in [2.75, 3.05) is 0 Å². The van der Waals surface area contributed by atoms with Crippen LogP contribution in [0.2, 0.25) is 0 Å². The van der Waals surface area contributed by atoms with Crippen molar-refractivity contribution in [1.29, 1.82) is 0 Å². The van der Waals surface area contributed by atoms with Gasteiger partial charge in [0.15, 0.2) is 0 Å². The van der Waals surface area contributed by atoms with E-state index in [1.807, 2.05) is 24.3 Å². The van der Waals surface area contributed by atoms with Gasteiger partial charge in [-0.15, -0.1) is 0 Å². The predicted molar refractivity (Wildman–Crippen MR) is 298 cm³/mol. The Kier molecular flexibility index (Phi) is 33.7. The number of aromatic carboxylic acids is 4. The van der Waals surface area contributed by atoms with Crippen molar-refractivity contribution in [3.05, 3.63) is 229 Å². The van der Waals surface area contributed by atoms with E-state index in [0.29, 0.717) is 24.3 Å². The maximum absolute atomic E-state index is 11.0. The molecule has 0 atom stereocenters. The third-order valence-corrected chi connectivity index (χ3v) is 11.8. The lowest BCUT2D eigenvalue weighted by atomic mass is 10.1. The molecule has 34 nitrogen and oxygen atoms in total. The van der Waals surface area contributed by atoms with E-state index >= 15 is 0 Å². The molecular weight excluding hydrogens is 1170 g/mol. The van der Waals surface area contributed by atoms with Crippen molar-refractivity contribution < 1.29 is 144 Å². The fraction of sp³-hybridized carbons (Fsp3) is 0.0741. The molecule has 4 aromatic carbocycles. The number of carboxylic acids is 4. The first-order valence-corrected chi connectivity index (χ1v) is 22.9. The molecule has 0 saturated carbocycles. The van der Waals surface area contributed by atoms with Crippen LogP contribution in [0.25, 0.3) is 23.3 Å². The summed E-state index contributed by atoms with van der Waals surface area (Å²) >= 11 is 0. The molecule has 476 valence electrons. The number of pyridine rings is 2. The average molecular weight is 1240 g/mol. The number of imidazole rings is 4. The van der Waals surface area contributed by atoms with Crippen LogP contribution >= 0.6 is 0 Å². The number of aromatic nitrogens is 10. The largest absolute Gasteiger partial charge is 0.872 e. The summed E-state index contributed by atoms with van der Waals surface area (Å²) < 4.78 is 17.0. The van der Waals surface area contributed by atoms with E-state index in [4.69, 9.17) is 30.4 Å². The van der Waals surface area contributed by atoms with E-state index in [2.05, 4.69) is 172 Å². The number of carboxylic acid groups (broad SMARTS) is 4. The fourth-order valence-electron chi connectivity index (χ4n) is 8.08. The van der Waals surface area contributed by atoms with Gasteiger partial charge in [-0.05, 0) is 22.3 Å². The fourth-order valence-corrected chi connectivity index (χ4v) is 8.08. The van der Waals surface area contributed by atoms with Crippen molar-refractivity contribution in [1.82, 2.24) is 28.2 Å². The second-order valence-corrected chi connectivity index (χ2v) is 17.2. The van der Waals surface area contributed by atoms with Crippen molar-refractivity contribution in [2.24, 2.45) is 0 Å². The lowest BCUT2D eigenvalue weighted by Crippen LogP contribution is -2.32. The Labute approximate surface area is 495 Å². The highest BCUT2D eigenvalue weighted by Crippen LogP contribution is 2.26. The maximum Gasteiger partial charge on any atom is 0.335 e. The summed E-state index contributed by atoms with van der Waals surface area (Å²) in [5.41, 5.74) is 2.07. The minimum absolute atomic E-state index is 0. The van der Waals surface area contributed by atoms with Gasteiger partial charge >= 0.3 is 23.9 Å². The molecule has 4 aliphatic heterocycles. The van der Waals surface area contributed by atoms with E-state index in [0.717, 1.165) is 49.5 Å². The molecule has 6 aromatic heterocycles. The molecule has 0 aliphatic carbocycles. The Morgan fingerprint density at radius 3 is 0.727 bits per heavy atom. The molecule has 0 fully saturated rings. The molecule has 0 amide bonds. The number of hydrogen-bond acceptors (Lipinski definition) is 10. The SMILES string of the molecule is O.O.O.O.O.O.O.O.O.O.O.O.O=C(O)c1cc([O-])c(C(=O)O)c([O-])c1.O=C(O)c1cc([O-])c(C(=O)O)c([O-])c1.c1cc2nc(c1)-n1cc[n+](c1)Cc1ccc(cc1)C[n+]1ccn(c1)-c1cccc(n1)-n1cc[n+](c1)Cc1ccc(cc1)C[n+]1ccn-2c1. The van der Waals surface area contributed by atoms with Crippen molar-refractivity contribution in [2.45, 2.75) is 26.2 Å². The molecule has 10 aromatic rings. The highest BCUT2D eigenvalue weighted by Gasteiger charge is 2.17. The van der Waals surface area contributed by atoms with Gasteiger partial charge in [-0.25, -0.2) is 37.4 Å². The van der Waals surface area contributed by atoms with Gasteiger partial charge in [0.05, 0.1) is 11.1 Å². The van der Waals surface area contributed by atoms with Gasteiger partial charge in [0.1, 0.15) is 75.8 Å². The quantitative estimate of drug-likeness (QED) is 0.119. The van der Waals surface area contributed by atoms with E-state index in [1.165, 1.54) is 22.3 Å². The zero-order valence-electron chi connectivity index (χ0n) is 45.7. The summed E-state index contributed by atoms with van der Waals surface area (Å²) in [6.07, 6.45) is 25.0. The summed E-state index contributed by atoms with van der Waals surface area (Å²) in [4.78, 5) is 51.4. The van der Waals surface area contributed by atoms with Crippen LogP contribution in [0.1, 0.15) is 63.7 Å². The van der Waals surface area contributed by atoms with Gasteiger partial charge in [0, 0.05) is 35.4 Å². The van der Waals surface area contributed by atoms with Crippen molar-refractivity contribution in [3.8, 4) is 46.3 Å². The maximum atomic E-state index is 11.0. The number of hydrogen-bond donors (Lipinski definition) is 4. The van der Waals surface area contributed by atoms with Crippen LogP contribution in [0.15, 0.2) is 184 Å². The zero-order chi connectivity index (χ0) is 53.6. The van der Waals surface area contributed by atoms with Crippen LogP contribution in [0.3, 0.4) is 0 Å². The molecule has 0 unspecified atom stereocenters. The first-order valence-electron chi connectivity index (χ1n) is 22.9. The molecule has 0 saturated heterocycles. The summed E-state index contributed by atoms with van der Waals surface area (Å²) in [6, 6.07) is 32.3. The van der Waals surface area contributed by atoms with Gasteiger partial charge in [-0.1, -0.05) is 108 Å². The first-order chi connectivity index (χ1) is 36.5. The molecule has 28 N–H and O–H groups in total. The van der Waals surface area contributed by atoms with Gasteiger partial charge in [-0.2, -0.15) is 28.2 Å². The topological polar surface area (TPSA) is 680 Å². The normalized spacial score (nSPS) is 10.0. The smallest absolute Gasteiger partial charge is 0.335 e. The lowest BCUT2D eigenvalue weighted by Gasteiger charge is -2.18. The number of carbonyl (C=O) groups is 4. The third-order valence-electron chi connectivity index (χ3n) is 11.8. The van der Waals surface area contributed by atoms with E-state index in [9.17, 15) is 39.6 Å². The molecule has 0 spiro atoms. The van der Waals surface area contributed by atoms with Crippen LogP contribution < -0.4 is 38.7 Å². The predicted octanol–water partition coefficient (Wildman–Crippen LogP) is -8.14. The van der Waals surface area contributed by atoms with Gasteiger partial charge in [0.2, 0.25) is 23.3 Å². The van der Waals surface area contributed by atoms with Gasteiger partial charge in [-0.3, -0.25) is 0 Å². The number of benzene rings is 4. The second kappa shape index (κ2) is 35.7. The molecule has 16 bridgehead atoms. The van der Waals surface area contributed by atoms with E-state index in [-0.39, 0.29) is 65.7 Å². The molecule has 88 heavy (non-hydrogen) atoms. The minimum Gasteiger partial charge on any atom is -0.872 e. The number of nitrogens with zero attached hydrogens (tertiary/aromatic N) is 10. The molecule has 14 rings (SSSR count).